The molecule has 1 N–H and O–H groups in total. The number of hydrogen-bond acceptors (Lipinski definition) is 6. The van der Waals surface area contributed by atoms with Crippen LogP contribution in [0.25, 0.3) is 10.2 Å². The third kappa shape index (κ3) is 3.95. The number of hydrogen-bond donors (Lipinski definition) is 1. The summed E-state index contributed by atoms with van der Waals surface area (Å²) in [6.07, 6.45) is 8.00. The number of nitrogens with zero attached hydrogens (tertiary/aromatic N) is 3. The lowest BCUT2D eigenvalue weighted by Gasteiger charge is -2.39. The summed E-state index contributed by atoms with van der Waals surface area (Å²) < 4.78 is 5.41. The molecule has 2 unspecified atom stereocenters. The molecular weight excluding hydrogens is 372 g/mol. The highest BCUT2D eigenvalue weighted by Gasteiger charge is 2.31. The average Bonchev–Trinajstić information content (AvgIpc) is 2.99. The largest absolute Gasteiger partial charge is 0.444 e. The van der Waals surface area contributed by atoms with Crippen LogP contribution in [0.15, 0.2) is 6.33 Å². The molecule has 2 aromatic heterocycles. The van der Waals surface area contributed by atoms with E-state index in [9.17, 15) is 4.79 Å². The van der Waals surface area contributed by atoms with Crippen molar-refractivity contribution in [1.29, 1.82) is 0 Å². The van der Waals surface area contributed by atoms with E-state index in [1.54, 1.807) is 6.33 Å². The van der Waals surface area contributed by atoms with E-state index in [-0.39, 0.29) is 12.1 Å². The van der Waals surface area contributed by atoms with Crippen molar-refractivity contribution < 1.29 is 9.53 Å². The summed E-state index contributed by atoms with van der Waals surface area (Å²) in [7, 11) is 0. The summed E-state index contributed by atoms with van der Waals surface area (Å²) >= 11 is 1.84. The number of rotatable bonds is 2. The van der Waals surface area contributed by atoms with Crippen LogP contribution in [0.3, 0.4) is 0 Å². The Balaban J connectivity index is 1.51. The number of ether oxygens (including phenoxy) is 1. The molecule has 1 amide bonds. The highest BCUT2D eigenvalue weighted by Crippen LogP contribution is 2.40. The van der Waals surface area contributed by atoms with E-state index in [1.165, 1.54) is 35.1 Å². The lowest BCUT2D eigenvalue weighted by Crippen LogP contribution is -2.50. The Kier molecular flexibility index (Phi) is 5.21. The minimum Gasteiger partial charge on any atom is -0.444 e. The first kappa shape index (κ1) is 19.4. The number of amides is 1. The van der Waals surface area contributed by atoms with E-state index in [0.29, 0.717) is 6.04 Å². The molecule has 1 aliphatic carbocycles. The number of aromatic nitrogens is 2. The summed E-state index contributed by atoms with van der Waals surface area (Å²) in [5, 5.41) is 4.31. The monoisotopic (exact) mass is 402 g/mol. The molecule has 0 spiro atoms. The summed E-state index contributed by atoms with van der Waals surface area (Å²) in [5.41, 5.74) is 1.00. The Hall–Kier alpha value is -1.89. The number of carbonyl (C=O) groups is 1. The fourth-order valence-corrected chi connectivity index (χ4v) is 5.61. The van der Waals surface area contributed by atoms with Crippen molar-refractivity contribution in [3.05, 3.63) is 16.8 Å². The van der Waals surface area contributed by atoms with Crippen LogP contribution in [0.5, 0.6) is 0 Å². The number of nitrogens with one attached hydrogen (secondary N) is 1. The van der Waals surface area contributed by atoms with Crippen molar-refractivity contribution in [3.8, 4) is 0 Å². The van der Waals surface area contributed by atoms with Crippen LogP contribution >= 0.6 is 11.3 Å². The van der Waals surface area contributed by atoms with Gasteiger partial charge in [0.1, 0.15) is 22.6 Å². The number of fused-ring (bicyclic) bond motifs is 3. The zero-order chi connectivity index (χ0) is 19.9. The normalized spacial score (nSPS) is 22.8. The fraction of sp³-hybridized carbons (Fsp3) is 0.667. The van der Waals surface area contributed by atoms with E-state index in [0.717, 1.165) is 36.5 Å². The number of thiophene rings is 1. The molecule has 7 heteroatoms. The number of piperidine rings is 1. The van der Waals surface area contributed by atoms with Gasteiger partial charge in [0.05, 0.1) is 5.39 Å². The van der Waals surface area contributed by atoms with Crippen molar-refractivity contribution in [2.75, 3.05) is 11.4 Å². The first-order chi connectivity index (χ1) is 13.3. The molecule has 0 radical (unpaired) electrons. The van der Waals surface area contributed by atoms with Gasteiger partial charge in [0, 0.05) is 23.5 Å². The minimum absolute atomic E-state index is 0.134. The van der Waals surface area contributed by atoms with E-state index in [4.69, 9.17) is 9.72 Å². The Labute approximate surface area is 170 Å². The van der Waals surface area contributed by atoms with Crippen LogP contribution in [0.2, 0.25) is 0 Å². The Morgan fingerprint density at radius 1 is 1.29 bits per heavy atom. The van der Waals surface area contributed by atoms with Gasteiger partial charge in [0.15, 0.2) is 0 Å². The number of alkyl carbamates (subject to hydrolysis) is 1. The number of anilines is 1. The molecule has 4 rings (SSSR count). The summed E-state index contributed by atoms with van der Waals surface area (Å²) in [6, 6.07) is 0.431. The van der Waals surface area contributed by atoms with Gasteiger partial charge in [0.25, 0.3) is 0 Å². The molecule has 2 atom stereocenters. The zero-order valence-corrected chi connectivity index (χ0v) is 18.1. The lowest BCUT2D eigenvalue weighted by atomic mass is 9.95. The van der Waals surface area contributed by atoms with Crippen LogP contribution in [-0.2, 0) is 17.6 Å². The van der Waals surface area contributed by atoms with Gasteiger partial charge in [-0.15, -0.1) is 11.3 Å². The van der Waals surface area contributed by atoms with Gasteiger partial charge in [-0.1, -0.05) is 0 Å². The van der Waals surface area contributed by atoms with Gasteiger partial charge in [-0.05, 0) is 71.8 Å². The Bertz CT molecular complexity index is 873. The number of aryl methyl sites for hydroxylation is 2. The first-order valence-electron chi connectivity index (χ1n) is 10.3. The molecule has 2 aliphatic rings. The lowest BCUT2D eigenvalue weighted by molar-refractivity contribution is 0.0494. The molecule has 0 bridgehead atoms. The van der Waals surface area contributed by atoms with Crippen molar-refractivity contribution in [3.63, 3.8) is 0 Å². The molecule has 152 valence electrons. The third-order valence-electron chi connectivity index (χ3n) is 5.60. The van der Waals surface area contributed by atoms with E-state index < -0.39 is 5.60 Å². The smallest absolute Gasteiger partial charge is 0.407 e. The van der Waals surface area contributed by atoms with E-state index in [1.807, 2.05) is 32.1 Å². The van der Waals surface area contributed by atoms with Gasteiger partial charge >= 0.3 is 6.09 Å². The summed E-state index contributed by atoms with van der Waals surface area (Å²) in [5.74, 6) is 1.08. The van der Waals surface area contributed by atoms with Gasteiger partial charge in [-0.2, -0.15) is 0 Å². The molecule has 0 saturated carbocycles. The molecule has 6 nitrogen and oxygen atoms in total. The second kappa shape index (κ2) is 7.50. The maximum atomic E-state index is 12.1. The Morgan fingerprint density at radius 3 is 2.82 bits per heavy atom. The minimum atomic E-state index is -0.471. The maximum Gasteiger partial charge on any atom is 0.407 e. The highest BCUT2D eigenvalue weighted by atomic mass is 32.1. The quantitative estimate of drug-likeness (QED) is 0.804. The van der Waals surface area contributed by atoms with Gasteiger partial charge in [0.2, 0.25) is 0 Å². The second-order valence-electron chi connectivity index (χ2n) is 9.00. The van der Waals surface area contributed by atoms with Crippen molar-refractivity contribution in [1.82, 2.24) is 15.3 Å². The summed E-state index contributed by atoms with van der Waals surface area (Å²) in [4.78, 5) is 26.4. The van der Waals surface area contributed by atoms with Crippen LogP contribution in [0.1, 0.15) is 63.8 Å². The van der Waals surface area contributed by atoms with E-state index >= 15 is 0 Å². The molecule has 1 aliphatic heterocycles. The maximum absolute atomic E-state index is 12.1. The van der Waals surface area contributed by atoms with Gasteiger partial charge in [-0.25, -0.2) is 14.8 Å². The standard InChI is InChI=1S/C21H30N4O2S/c1-13-11-14(24-20(26)27-21(2,3)4)9-10-25(13)18-17-15-7-5-6-8-16(15)28-19(17)23-12-22-18/h12-14H,5-11H2,1-4H3,(H,24,26). The van der Waals surface area contributed by atoms with Crippen molar-refractivity contribution >= 4 is 33.5 Å². The van der Waals surface area contributed by atoms with Gasteiger partial charge < -0.3 is 15.0 Å². The second-order valence-corrected chi connectivity index (χ2v) is 10.1. The molecular formula is C21H30N4O2S. The topological polar surface area (TPSA) is 67.3 Å². The molecule has 0 aromatic carbocycles. The van der Waals surface area contributed by atoms with Crippen LogP contribution in [-0.4, -0.2) is 40.3 Å². The van der Waals surface area contributed by atoms with Gasteiger partial charge in [-0.3, -0.25) is 0 Å². The third-order valence-corrected chi connectivity index (χ3v) is 6.80. The van der Waals surface area contributed by atoms with Crippen LogP contribution in [0, 0.1) is 0 Å². The van der Waals surface area contributed by atoms with Crippen molar-refractivity contribution in [2.45, 2.75) is 83.9 Å². The molecule has 1 saturated heterocycles. The molecule has 28 heavy (non-hydrogen) atoms. The molecule has 2 aromatic rings. The van der Waals surface area contributed by atoms with Crippen LogP contribution < -0.4 is 10.2 Å². The van der Waals surface area contributed by atoms with E-state index in [2.05, 4.69) is 22.1 Å². The predicted octanol–water partition coefficient (Wildman–Crippen LogP) is 4.45. The summed E-state index contributed by atoms with van der Waals surface area (Å²) in [6.45, 7) is 8.76. The highest BCUT2D eigenvalue weighted by molar-refractivity contribution is 7.19. The number of carbonyl (C=O) groups excluding carboxylic acids is 1. The Morgan fingerprint density at radius 2 is 2.07 bits per heavy atom. The van der Waals surface area contributed by atoms with Crippen molar-refractivity contribution in [2.24, 2.45) is 0 Å². The fourth-order valence-electron chi connectivity index (χ4n) is 4.38. The average molecular weight is 403 g/mol. The first-order valence-corrected chi connectivity index (χ1v) is 11.1. The predicted molar refractivity (Wildman–Crippen MR) is 113 cm³/mol. The SMILES string of the molecule is CC1CC(NC(=O)OC(C)(C)C)CCN1c1ncnc2sc3c(c12)CCCC3. The van der Waals surface area contributed by atoms with Crippen LogP contribution in [0.4, 0.5) is 10.6 Å². The molecule has 3 heterocycles. The molecule has 1 fully saturated rings. The zero-order valence-electron chi connectivity index (χ0n) is 17.2.